The average Bonchev–Trinajstić information content (AvgIpc) is 2.59. The third-order valence-corrected chi connectivity index (χ3v) is 3.71. The molecule has 0 aliphatic rings. The van der Waals surface area contributed by atoms with Crippen LogP contribution in [0.4, 0.5) is 42.1 Å². The molecule has 0 unspecified atom stereocenters. The van der Waals surface area contributed by atoms with Crippen molar-refractivity contribution in [1.82, 2.24) is 19.9 Å². The summed E-state index contributed by atoms with van der Waals surface area (Å²) in [5, 5.41) is 5.44. The van der Waals surface area contributed by atoms with Crippen LogP contribution < -0.4 is 16.4 Å². The van der Waals surface area contributed by atoms with E-state index in [9.17, 15) is 13.2 Å². The normalized spacial score (nSPS) is 11.3. The maximum atomic E-state index is 12.7. The van der Waals surface area contributed by atoms with Gasteiger partial charge in [-0.25, -0.2) is 19.9 Å². The zero-order valence-electron chi connectivity index (χ0n) is 13.8. The van der Waals surface area contributed by atoms with Gasteiger partial charge in [0.25, 0.3) is 0 Å². The minimum atomic E-state index is -4.54. The molecule has 0 amide bonds. The molecule has 3 rings (SSSR count). The number of anilines is 5. The van der Waals surface area contributed by atoms with Gasteiger partial charge in [0.15, 0.2) is 11.6 Å². The van der Waals surface area contributed by atoms with Gasteiger partial charge >= 0.3 is 6.18 Å². The highest BCUT2D eigenvalue weighted by molar-refractivity contribution is 6.33. The molecule has 0 radical (unpaired) electrons. The number of rotatable bonds is 4. The Morgan fingerprint density at radius 2 is 1.74 bits per heavy atom. The molecule has 27 heavy (non-hydrogen) atoms. The molecule has 3 aromatic heterocycles. The number of aromatic nitrogens is 4. The van der Waals surface area contributed by atoms with Crippen LogP contribution in [0.1, 0.15) is 11.3 Å². The Labute approximate surface area is 156 Å². The van der Waals surface area contributed by atoms with Gasteiger partial charge < -0.3 is 16.4 Å². The molecule has 0 aliphatic carbocycles. The third kappa shape index (κ3) is 4.34. The van der Waals surface area contributed by atoms with E-state index in [4.69, 9.17) is 17.3 Å². The lowest BCUT2D eigenvalue weighted by Gasteiger charge is -2.13. The number of nitrogen functional groups attached to an aromatic ring is 1. The smallest absolute Gasteiger partial charge is 0.393 e. The van der Waals surface area contributed by atoms with Crippen molar-refractivity contribution >= 4 is 40.6 Å². The van der Waals surface area contributed by atoms with Crippen LogP contribution in [0.2, 0.25) is 5.02 Å². The third-order valence-electron chi connectivity index (χ3n) is 3.42. The van der Waals surface area contributed by atoms with Crippen LogP contribution >= 0.6 is 11.6 Å². The second kappa shape index (κ2) is 7.23. The molecule has 7 nitrogen and oxygen atoms in total. The molecule has 0 saturated heterocycles. The van der Waals surface area contributed by atoms with Gasteiger partial charge in [0.1, 0.15) is 23.7 Å². The van der Waals surface area contributed by atoms with Crippen molar-refractivity contribution in [3.63, 3.8) is 0 Å². The molecule has 11 heteroatoms. The first kappa shape index (κ1) is 18.6. The van der Waals surface area contributed by atoms with Crippen molar-refractivity contribution in [2.24, 2.45) is 0 Å². The summed E-state index contributed by atoms with van der Waals surface area (Å²) in [4.78, 5) is 16.0. The number of nitrogens with zero attached hydrogens (tertiary/aromatic N) is 4. The lowest BCUT2D eigenvalue weighted by Crippen LogP contribution is -2.09. The van der Waals surface area contributed by atoms with E-state index in [2.05, 4.69) is 30.6 Å². The Morgan fingerprint density at radius 3 is 2.37 bits per heavy atom. The molecule has 0 fully saturated rings. The van der Waals surface area contributed by atoms with E-state index < -0.39 is 11.7 Å². The Bertz CT molecular complexity index is 978. The van der Waals surface area contributed by atoms with Gasteiger partial charge in [-0.3, -0.25) is 0 Å². The first-order chi connectivity index (χ1) is 12.7. The van der Waals surface area contributed by atoms with Crippen molar-refractivity contribution in [3.8, 4) is 0 Å². The maximum Gasteiger partial charge on any atom is 0.417 e. The van der Waals surface area contributed by atoms with Gasteiger partial charge in [-0.15, -0.1) is 0 Å². The van der Waals surface area contributed by atoms with Crippen molar-refractivity contribution in [2.45, 2.75) is 13.1 Å². The molecule has 0 aromatic carbocycles. The second-order valence-corrected chi connectivity index (χ2v) is 5.86. The zero-order valence-corrected chi connectivity index (χ0v) is 14.6. The molecular weight excluding hydrogens is 383 g/mol. The van der Waals surface area contributed by atoms with E-state index in [0.29, 0.717) is 12.0 Å². The van der Waals surface area contributed by atoms with E-state index in [1.807, 2.05) is 19.1 Å². The van der Waals surface area contributed by atoms with E-state index in [1.54, 1.807) is 6.07 Å². The Kier molecular flexibility index (Phi) is 5.00. The fraction of sp³-hybridized carbons (Fsp3) is 0.125. The Hall–Kier alpha value is -3.14. The fourth-order valence-electron chi connectivity index (χ4n) is 2.13. The van der Waals surface area contributed by atoms with Crippen LogP contribution in [-0.2, 0) is 6.18 Å². The van der Waals surface area contributed by atoms with E-state index in [-0.39, 0.29) is 28.2 Å². The van der Waals surface area contributed by atoms with E-state index in [0.717, 1.165) is 11.8 Å². The van der Waals surface area contributed by atoms with Gasteiger partial charge in [0.2, 0.25) is 0 Å². The molecule has 0 bridgehead atoms. The predicted octanol–water partition coefficient (Wildman–Crippen LogP) is 4.32. The SMILES string of the molecule is Cc1cccc(Nc2ncnc(Nc3ncc(C(F)(F)F)cc3Cl)c2N)n1. The lowest BCUT2D eigenvalue weighted by molar-refractivity contribution is -0.137. The summed E-state index contributed by atoms with van der Waals surface area (Å²) in [6, 6.07) is 6.15. The number of halogens is 4. The quantitative estimate of drug-likeness (QED) is 0.604. The Balaban J connectivity index is 1.86. The molecule has 0 atom stereocenters. The minimum absolute atomic E-state index is 0.0188. The molecule has 0 saturated carbocycles. The summed E-state index contributed by atoms with van der Waals surface area (Å²) in [5.41, 5.74) is 6.00. The van der Waals surface area contributed by atoms with Gasteiger partial charge in [-0.2, -0.15) is 13.2 Å². The van der Waals surface area contributed by atoms with Crippen LogP contribution in [0.5, 0.6) is 0 Å². The number of nitrogens with two attached hydrogens (primary N) is 1. The standard InChI is InChI=1S/C16H13ClF3N7/c1-8-3-2-4-11(25-8)26-14-12(21)15(24-7-23-14)27-13-10(17)5-9(6-22-13)16(18,19)20/h2-7H,21H2,1H3,(H2,22,23,24,25,26,27). The van der Waals surface area contributed by atoms with Crippen LogP contribution in [0, 0.1) is 6.92 Å². The number of hydrogen-bond acceptors (Lipinski definition) is 7. The molecule has 3 aromatic rings. The summed E-state index contributed by atoms with van der Waals surface area (Å²) in [6.07, 6.45) is -2.64. The monoisotopic (exact) mass is 395 g/mol. The zero-order chi connectivity index (χ0) is 19.6. The number of hydrogen-bond donors (Lipinski definition) is 3. The van der Waals surface area contributed by atoms with Crippen molar-refractivity contribution in [2.75, 3.05) is 16.4 Å². The second-order valence-electron chi connectivity index (χ2n) is 5.45. The first-order valence-electron chi connectivity index (χ1n) is 7.55. The van der Waals surface area contributed by atoms with Crippen LogP contribution in [0.3, 0.4) is 0 Å². The Morgan fingerprint density at radius 1 is 1.04 bits per heavy atom. The van der Waals surface area contributed by atoms with Crippen LogP contribution in [0.25, 0.3) is 0 Å². The van der Waals surface area contributed by atoms with Gasteiger partial charge in [0.05, 0.1) is 10.6 Å². The summed E-state index contributed by atoms with van der Waals surface area (Å²) >= 11 is 5.89. The maximum absolute atomic E-state index is 12.7. The van der Waals surface area contributed by atoms with Crippen LogP contribution in [-0.4, -0.2) is 19.9 Å². The highest BCUT2D eigenvalue weighted by Gasteiger charge is 2.31. The number of aryl methyl sites for hydroxylation is 1. The van der Waals surface area contributed by atoms with E-state index >= 15 is 0 Å². The molecule has 0 aliphatic heterocycles. The summed E-state index contributed by atoms with van der Waals surface area (Å²) in [5.74, 6) is 0.912. The fourth-order valence-corrected chi connectivity index (χ4v) is 2.34. The summed E-state index contributed by atoms with van der Waals surface area (Å²) in [7, 11) is 0. The highest BCUT2D eigenvalue weighted by Crippen LogP contribution is 2.34. The average molecular weight is 396 g/mol. The van der Waals surface area contributed by atoms with Gasteiger partial charge in [-0.1, -0.05) is 17.7 Å². The topological polar surface area (TPSA) is 102 Å². The first-order valence-corrected chi connectivity index (χ1v) is 7.93. The molecule has 0 spiro atoms. The number of pyridine rings is 2. The van der Waals surface area contributed by atoms with Crippen molar-refractivity contribution < 1.29 is 13.2 Å². The van der Waals surface area contributed by atoms with Crippen LogP contribution in [0.15, 0.2) is 36.8 Å². The summed E-state index contributed by atoms with van der Waals surface area (Å²) < 4.78 is 38.1. The largest absolute Gasteiger partial charge is 0.417 e. The predicted molar refractivity (Wildman–Crippen MR) is 96.2 cm³/mol. The number of alkyl halides is 3. The molecular formula is C16H13ClF3N7. The van der Waals surface area contributed by atoms with Crippen molar-refractivity contribution in [1.29, 1.82) is 0 Å². The molecule has 4 N–H and O–H groups in total. The van der Waals surface area contributed by atoms with Crippen molar-refractivity contribution in [3.05, 3.63) is 53.1 Å². The number of nitrogens with one attached hydrogen (secondary N) is 2. The van der Waals surface area contributed by atoms with Gasteiger partial charge in [0, 0.05) is 11.9 Å². The lowest BCUT2D eigenvalue weighted by atomic mass is 10.2. The molecule has 140 valence electrons. The summed E-state index contributed by atoms with van der Waals surface area (Å²) in [6.45, 7) is 1.83. The minimum Gasteiger partial charge on any atom is -0.393 e. The highest BCUT2D eigenvalue weighted by atomic mass is 35.5. The van der Waals surface area contributed by atoms with E-state index in [1.165, 1.54) is 6.33 Å². The molecule has 3 heterocycles. The van der Waals surface area contributed by atoms with Gasteiger partial charge in [-0.05, 0) is 25.1 Å².